The molecule has 114 valence electrons. The Labute approximate surface area is 121 Å². The van der Waals surface area contributed by atoms with E-state index in [2.05, 4.69) is 21.6 Å². The molecule has 1 aromatic rings. The Morgan fingerprint density at radius 2 is 2.10 bits per heavy atom. The van der Waals surface area contributed by atoms with Crippen molar-refractivity contribution in [2.75, 3.05) is 20.6 Å². The van der Waals surface area contributed by atoms with Crippen molar-refractivity contribution in [3.63, 3.8) is 0 Å². The molecular weight excluding hydrogens is 276 g/mol. The number of hydrogen-bond acceptors (Lipinski definition) is 4. The summed E-state index contributed by atoms with van der Waals surface area (Å²) < 4.78 is 26.5. The Kier molecular flexibility index (Phi) is 4.85. The molecule has 0 aromatic carbocycles. The Balaban J connectivity index is 2.20. The van der Waals surface area contributed by atoms with Gasteiger partial charge in [0.2, 0.25) is 0 Å². The molecule has 0 atom stereocenters. The van der Waals surface area contributed by atoms with Gasteiger partial charge in [0.1, 0.15) is 4.90 Å². The molecule has 20 heavy (non-hydrogen) atoms. The normalized spacial score (nSPS) is 16.0. The number of nitrogens with zero attached hydrogens (tertiary/aromatic N) is 2. The molecule has 0 aliphatic heterocycles. The first-order valence-corrected chi connectivity index (χ1v) is 8.53. The zero-order chi connectivity index (χ0) is 14.8. The lowest BCUT2D eigenvalue weighted by atomic mass is 10.4. The van der Waals surface area contributed by atoms with Gasteiger partial charge >= 0.3 is 0 Å². The largest absolute Gasteiger partial charge is 0.346 e. The Bertz CT molecular complexity index is 547. The lowest BCUT2D eigenvalue weighted by Crippen LogP contribution is -2.35. The van der Waals surface area contributed by atoms with E-state index in [0.29, 0.717) is 17.5 Å². The van der Waals surface area contributed by atoms with Crippen LogP contribution in [0.15, 0.2) is 17.2 Å². The molecule has 1 aromatic heterocycles. The standard InChI is InChI=1S/C13H24N4O2S/c1-4-7-14-9-12-8-13(10-17(12)11-5-6-11)20(18,19)15-16(2)3/h8,10-11,14-15H,4-7,9H2,1-3H3. The van der Waals surface area contributed by atoms with Crippen molar-refractivity contribution in [1.82, 2.24) is 19.7 Å². The second-order valence-electron chi connectivity index (χ2n) is 5.47. The second kappa shape index (κ2) is 6.26. The average molecular weight is 300 g/mol. The highest BCUT2D eigenvalue weighted by Crippen LogP contribution is 2.37. The third-order valence-corrected chi connectivity index (χ3v) is 4.64. The fourth-order valence-electron chi connectivity index (χ4n) is 2.16. The smallest absolute Gasteiger partial charge is 0.254 e. The van der Waals surface area contributed by atoms with Gasteiger partial charge in [0, 0.05) is 38.6 Å². The summed E-state index contributed by atoms with van der Waals surface area (Å²) in [6.07, 6.45) is 5.09. The van der Waals surface area contributed by atoms with Crippen LogP contribution in [0.1, 0.15) is 37.9 Å². The minimum absolute atomic E-state index is 0.339. The van der Waals surface area contributed by atoms with Crippen molar-refractivity contribution in [3.05, 3.63) is 18.0 Å². The molecule has 2 N–H and O–H groups in total. The van der Waals surface area contributed by atoms with Crippen LogP contribution in [0.2, 0.25) is 0 Å². The minimum atomic E-state index is -3.47. The summed E-state index contributed by atoms with van der Waals surface area (Å²) >= 11 is 0. The van der Waals surface area contributed by atoms with E-state index in [-0.39, 0.29) is 0 Å². The monoisotopic (exact) mass is 300 g/mol. The fraction of sp³-hybridized carbons (Fsp3) is 0.692. The van der Waals surface area contributed by atoms with E-state index in [0.717, 1.165) is 31.5 Å². The Hall–Kier alpha value is -0.890. The van der Waals surface area contributed by atoms with E-state index in [9.17, 15) is 8.42 Å². The zero-order valence-electron chi connectivity index (χ0n) is 12.4. The van der Waals surface area contributed by atoms with Gasteiger partial charge in [-0.3, -0.25) is 0 Å². The highest BCUT2D eigenvalue weighted by Gasteiger charge is 2.28. The van der Waals surface area contributed by atoms with Gasteiger partial charge in [-0.2, -0.15) is 0 Å². The van der Waals surface area contributed by atoms with E-state index in [1.807, 2.05) is 0 Å². The lowest BCUT2D eigenvalue weighted by Gasteiger charge is -2.10. The van der Waals surface area contributed by atoms with Crippen molar-refractivity contribution in [2.24, 2.45) is 0 Å². The van der Waals surface area contributed by atoms with Crippen LogP contribution in [-0.4, -0.2) is 38.6 Å². The maximum absolute atomic E-state index is 12.2. The molecule has 1 fully saturated rings. The van der Waals surface area contributed by atoms with Crippen LogP contribution in [0.4, 0.5) is 0 Å². The number of aromatic nitrogens is 1. The molecule has 1 saturated carbocycles. The van der Waals surface area contributed by atoms with E-state index >= 15 is 0 Å². The topological polar surface area (TPSA) is 66.4 Å². The van der Waals surface area contributed by atoms with Gasteiger partial charge in [-0.15, -0.1) is 4.83 Å². The molecule has 1 heterocycles. The molecular formula is C13H24N4O2S. The molecule has 0 saturated heterocycles. The molecule has 1 aliphatic rings. The van der Waals surface area contributed by atoms with Crippen molar-refractivity contribution in [1.29, 1.82) is 0 Å². The van der Waals surface area contributed by atoms with E-state index in [1.165, 1.54) is 5.01 Å². The van der Waals surface area contributed by atoms with Crippen LogP contribution in [0.3, 0.4) is 0 Å². The van der Waals surface area contributed by atoms with Crippen LogP contribution in [-0.2, 0) is 16.6 Å². The fourth-order valence-corrected chi connectivity index (χ4v) is 3.29. The number of hydrazine groups is 1. The summed E-state index contributed by atoms with van der Waals surface area (Å²) in [5.41, 5.74) is 1.04. The van der Waals surface area contributed by atoms with Crippen LogP contribution >= 0.6 is 0 Å². The molecule has 0 radical (unpaired) electrons. The van der Waals surface area contributed by atoms with E-state index in [4.69, 9.17) is 0 Å². The van der Waals surface area contributed by atoms with Gasteiger partial charge in [-0.1, -0.05) is 6.92 Å². The number of sulfonamides is 1. The summed E-state index contributed by atoms with van der Waals surface area (Å²) in [5, 5.41) is 4.78. The van der Waals surface area contributed by atoms with Gasteiger partial charge in [-0.25, -0.2) is 13.4 Å². The van der Waals surface area contributed by atoms with Crippen LogP contribution in [0.25, 0.3) is 0 Å². The highest BCUT2D eigenvalue weighted by molar-refractivity contribution is 7.89. The first kappa shape index (κ1) is 15.5. The molecule has 0 spiro atoms. The van der Waals surface area contributed by atoms with Gasteiger partial charge in [0.15, 0.2) is 0 Å². The number of hydrogen-bond donors (Lipinski definition) is 2. The SMILES string of the molecule is CCCNCc1cc(S(=O)(=O)NN(C)C)cn1C1CC1. The molecule has 1 aliphatic carbocycles. The maximum Gasteiger partial charge on any atom is 0.254 e. The summed E-state index contributed by atoms with van der Waals surface area (Å²) in [4.78, 5) is 2.81. The molecule has 6 nitrogen and oxygen atoms in total. The van der Waals surface area contributed by atoms with Crippen molar-refractivity contribution in [3.8, 4) is 0 Å². The lowest BCUT2D eigenvalue weighted by molar-refractivity contribution is 0.364. The third kappa shape index (κ3) is 3.82. The predicted octanol–water partition coefficient (Wildman–Crippen LogP) is 1.08. The quantitative estimate of drug-likeness (QED) is 0.557. The third-order valence-electron chi connectivity index (χ3n) is 3.19. The van der Waals surface area contributed by atoms with Crippen LogP contribution in [0.5, 0.6) is 0 Å². The predicted molar refractivity (Wildman–Crippen MR) is 78.7 cm³/mol. The van der Waals surface area contributed by atoms with Gasteiger partial charge in [0.25, 0.3) is 10.0 Å². The Morgan fingerprint density at radius 1 is 1.40 bits per heavy atom. The van der Waals surface area contributed by atoms with Crippen molar-refractivity contribution >= 4 is 10.0 Å². The van der Waals surface area contributed by atoms with Crippen molar-refractivity contribution in [2.45, 2.75) is 43.7 Å². The van der Waals surface area contributed by atoms with Gasteiger partial charge in [0.05, 0.1) is 0 Å². The van der Waals surface area contributed by atoms with Gasteiger partial charge in [-0.05, 0) is 31.9 Å². The minimum Gasteiger partial charge on any atom is -0.346 e. The number of rotatable bonds is 8. The Morgan fingerprint density at radius 3 is 2.65 bits per heavy atom. The summed E-state index contributed by atoms with van der Waals surface area (Å²) in [6.45, 7) is 3.76. The second-order valence-corrected chi connectivity index (χ2v) is 7.13. The highest BCUT2D eigenvalue weighted by atomic mass is 32.2. The molecule has 7 heteroatoms. The van der Waals surface area contributed by atoms with Crippen LogP contribution < -0.4 is 10.1 Å². The van der Waals surface area contributed by atoms with Gasteiger partial charge < -0.3 is 9.88 Å². The van der Waals surface area contributed by atoms with E-state index in [1.54, 1.807) is 26.4 Å². The molecule has 0 amide bonds. The van der Waals surface area contributed by atoms with Crippen molar-refractivity contribution < 1.29 is 8.42 Å². The van der Waals surface area contributed by atoms with E-state index < -0.39 is 10.0 Å². The average Bonchev–Trinajstić information content (AvgIpc) is 3.09. The zero-order valence-corrected chi connectivity index (χ0v) is 13.2. The molecule has 2 rings (SSSR count). The summed E-state index contributed by atoms with van der Waals surface area (Å²) in [5.74, 6) is 0. The van der Waals surface area contributed by atoms with Crippen LogP contribution in [0, 0.1) is 0 Å². The number of nitrogens with one attached hydrogen (secondary N) is 2. The first-order chi connectivity index (χ1) is 9.44. The first-order valence-electron chi connectivity index (χ1n) is 7.05. The maximum atomic E-state index is 12.2. The summed E-state index contributed by atoms with van der Waals surface area (Å²) in [7, 11) is -0.139. The summed E-state index contributed by atoms with van der Waals surface area (Å²) in [6, 6.07) is 2.24. The molecule has 0 unspecified atom stereocenters. The molecule has 0 bridgehead atoms.